The number of furan rings is 1. The monoisotopic (exact) mass is 248 g/mol. The Morgan fingerprint density at radius 3 is 2.25 bits per heavy atom. The topological polar surface area (TPSA) is 39.4 Å². The van der Waals surface area contributed by atoms with Gasteiger partial charge in [0.1, 0.15) is 5.76 Å². The average molecular weight is 249 g/mol. The number of carbonyl (C=O) groups excluding carboxylic acids is 1. The SMILES string of the molecule is CC.CC.CCOC(=O)c1ccc(CCl)o1. The lowest BCUT2D eigenvalue weighted by atomic mass is 10.4. The minimum Gasteiger partial charge on any atom is -0.460 e. The van der Waals surface area contributed by atoms with Crippen molar-refractivity contribution < 1.29 is 13.9 Å². The molecule has 94 valence electrons. The van der Waals surface area contributed by atoms with Crippen molar-refractivity contribution in [1.29, 1.82) is 0 Å². The fraction of sp³-hybridized carbons (Fsp3) is 0.583. The summed E-state index contributed by atoms with van der Waals surface area (Å²) in [6, 6.07) is 3.20. The van der Waals surface area contributed by atoms with E-state index in [1.54, 1.807) is 19.1 Å². The van der Waals surface area contributed by atoms with E-state index in [0.29, 0.717) is 12.4 Å². The Kier molecular flexibility index (Phi) is 13.2. The fourth-order valence-electron chi connectivity index (χ4n) is 0.762. The molecule has 4 heteroatoms. The molecular weight excluding hydrogens is 228 g/mol. The molecule has 16 heavy (non-hydrogen) atoms. The van der Waals surface area contributed by atoms with E-state index in [-0.39, 0.29) is 11.6 Å². The van der Waals surface area contributed by atoms with Gasteiger partial charge in [-0.15, -0.1) is 11.6 Å². The minimum absolute atomic E-state index is 0.201. The lowest BCUT2D eigenvalue weighted by Crippen LogP contribution is -2.02. The molecule has 0 unspecified atom stereocenters. The van der Waals surface area contributed by atoms with Crippen LogP contribution in [0.4, 0.5) is 0 Å². The summed E-state index contributed by atoms with van der Waals surface area (Å²) in [5.74, 6) is 0.584. The Morgan fingerprint density at radius 1 is 1.31 bits per heavy atom. The molecule has 0 aliphatic rings. The van der Waals surface area contributed by atoms with Crippen LogP contribution in [0.3, 0.4) is 0 Å². The van der Waals surface area contributed by atoms with Crippen LogP contribution in [-0.2, 0) is 10.6 Å². The summed E-state index contributed by atoms with van der Waals surface area (Å²) in [6.45, 7) is 10.1. The second-order valence-corrected chi connectivity index (χ2v) is 2.39. The average Bonchev–Trinajstić information content (AvgIpc) is 2.83. The number of alkyl halides is 1. The third-order valence-electron chi connectivity index (χ3n) is 1.27. The summed E-state index contributed by atoms with van der Waals surface area (Å²) in [5, 5.41) is 0. The summed E-state index contributed by atoms with van der Waals surface area (Å²) < 4.78 is 9.75. The zero-order chi connectivity index (χ0) is 13.0. The third-order valence-corrected chi connectivity index (χ3v) is 1.53. The number of esters is 1. The van der Waals surface area contributed by atoms with E-state index in [2.05, 4.69) is 0 Å². The number of carbonyl (C=O) groups is 1. The highest BCUT2D eigenvalue weighted by Gasteiger charge is 2.10. The fourth-order valence-corrected chi connectivity index (χ4v) is 0.905. The van der Waals surface area contributed by atoms with Crippen LogP contribution in [0.2, 0.25) is 0 Å². The number of halogens is 1. The van der Waals surface area contributed by atoms with Gasteiger partial charge >= 0.3 is 5.97 Å². The van der Waals surface area contributed by atoms with Gasteiger partial charge in [0, 0.05) is 0 Å². The molecule has 0 saturated heterocycles. The van der Waals surface area contributed by atoms with Crippen LogP contribution in [0.1, 0.15) is 50.9 Å². The second-order valence-electron chi connectivity index (χ2n) is 2.12. The predicted octanol–water partition coefficient (Wildman–Crippen LogP) is 4.25. The lowest BCUT2D eigenvalue weighted by Gasteiger charge is -1.96. The normalized spacial score (nSPS) is 8.12. The van der Waals surface area contributed by atoms with E-state index >= 15 is 0 Å². The zero-order valence-corrected chi connectivity index (χ0v) is 11.4. The Hall–Kier alpha value is -0.960. The van der Waals surface area contributed by atoms with Crippen molar-refractivity contribution in [1.82, 2.24) is 0 Å². The Bertz CT molecular complexity index is 269. The first kappa shape index (κ1) is 17.4. The van der Waals surface area contributed by atoms with Crippen LogP contribution < -0.4 is 0 Å². The molecule has 1 heterocycles. The number of rotatable bonds is 3. The molecule has 0 aliphatic heterocycles. The zero-order valence-electron chi connectivity index (χ0n) is 10.7. The molecule has 0 saturated carbocycles. The Morgan fingerprint density at radius 2 is 1.88 bits per heavy atom. The van der Waals surface area contributed by atoms with Crippen molar-refractivity contribution in [2.24, 2.45) is 0 Å². The van der Waals surface area contributed by atoms with E-state index in [4.69, 9.17) is 20.8 Å². The summed E-state index contributed by atoms with van der Waals surface area (Å²) >= 11 is 5.48. The molecule has 0 spiro atoms. The van der Waals surface area contributed by atoms with Gasteiger partial charge < -0.3 is 9.15 Å². The molecule has 1 aromatic rings. The largest absolute Gasteiger partial charge is 0.460 e. The first-order valence-electron chi connectivity index (χ1n) is 5.59. The first-order chi connectivity index (χ1) is 7.77. The maximum absolute atomic E-state index is 11.0. The molecule has 0 aliphatic carbocycles. The van der Waals surface area contributed by atoms with Gasteiger partial charge in [-0.25, -0.2) is 4.79 Å². The van der Waals surface area contributed by atoms with Crippen molar-refractivity contribution in [3.63, 3.8) is 0 Å². The van der Waals surface area contributed by atoms with Gasteiger partial charge in [0.25, 0.3) is 0 Å². The van der Waals surface area contributed by atoms with Crippen LogP contribution in [0.5, 0.6) is 0 Å². The standard InChI is InChI=1S/C8H9ClO3.2C2H6/c1-2-11-8(10)7-4-3-6(5-9)12-7;2*1-2/h3-4H,2,5H2,1H3;2*1-2H3. The Balaban J connectivity index is 0. The molecular formula is C12H21ClO3. The van der Waals surface area contributed by atoms with Gasteiger partial charge in [-0.2, -0.15) is 0 Å². The van der Waals surface area contributed by atoms with Crippen molar-refractivity contribution in [2.45, 2.75) is 40.5 Å². The molecule has 0 bridgehead atoms. The van der Waals surface area contributed by atoms with Crippen LogP contribution in [-0.4, -0.2) is 12.6 Å². The van der Waals surface area contributed by atoms with Crippen molar-refractivity contribution >= 4 is 17.6 Å². The molecule has 0 N–H and O–H groups in total. The summed E-state index contributed by atoms with van der Waals surface area (Å²) in [7, 11) is 0. The van der Waals surface area contributed by atoms with Crippen LogP contribution in [0, 0.1) is 0 Å². The van der Waals surface area contributed by atoms with Gasteiger partial charge in [0.2, 0.25) is 5.76 Å². The van der Waals surface area contributed by atoms with Gasteiger partial charge in [-0.3, -0.25) is 0 Å². The highest BCUT2D eigenvalue weighted by atomic mass is 35.5. The summed E-state index contributed by atoms with van der Waals surface area (Å²) in [4.78, 5) is 11.0. The maximum Gasteiger partial charge on any atom is 0.374 e. The van der Waals surface area contributed by atoms with Gasteiger partial charge in [0.15, 0.2) is 0 Å². The van der Waals surface area contributed by atoms with E-state index in [1.807, 2.05) is 27.7 Å². The van der Waals surface area contributed by atoms with E-state index < -0.39 is 5.97 Å². The smallest absolute Gasteiger partial charge is 0.374 e. The number of hydrogen-bond donors (Lipinski definition) is 0. The van der Waals surface area contributed by atoms with Crippen LogP contribution >= 0.6 is 11.6 Å². The first-order valence-corrected chi connectivity index (χ1v) is 6.13. The second kappa shape index (κ2) is 12.1. The summed E-state index contributed by atoms with van der Waals surface area (Å²) in [5.41, 5.74) is 0. The van der Waals surface area contributed by atoms with Crippen molar-refractivity contribution in [2.75, 3.05) is 6.61 Å². The minimum atomic E-state index is -0.450. The van der Waals surface area contributed by atoms with E-state index in [9.17, 15) is 4.79 Å². The Labute approximate surface area is 103 Å². The lowest BCUT2D eigenvalue weighted by molar-refractivity contribution is 0.0488. The molecule has 0 amide bonds. The molecule has 1 rings (SSSR count). The quantitative estimate of drug-likeness (QED) is 0.593. The van der Waals surface area contributed by atoms with Gasteiger partial charge in [-0.05, 0) is 19.1 Å². The van der Waals surface area contributed by atoms with Gasteiger partial charge in [0.05, 0.1) is 12.5 Å². The van der Waals surface area contributed by atoms with Gasteiger partial charge in [-0.1, -0.05) is 27.7 Å². The predicted molar refractivity (Wildman–Crippen MR) is 66.9 cm³/mol. The molecule has 0 aromatic carbocycles. The van der Waals surface area contributed by atoms with E-state index in [0.717, 1.165) is 0 Å². The highest BCUT2D eigenvalue weighted by molar-refractivity contribution is 6.16. The number of hydrogen-bond acceptors (Lipinski definition) is 3. The maximum atomic E-state index is 11.0. The molecule has 0 radical (unpaired) electrons. The van der Waals surface area contributed by atoms with Crippen LogP contribution in [0.15, 0.2) is 16.5 Å². The molecule has 0 atom stereocenters. The van der Waals surface area contributed by atoms with Crippen molar-refractivity contribution in [3.05, 3.63) is 23.7 Å². The summed E-state index contributed by atoms with van der Waals surface area (Å²) in [6.07, 6.45) is 0. The highest BCUT2D eigenvalue weighted by Crippen LogP contribution is 2.10. The molecule has 1 aromatic heterocycles. The van der Waals surface area contributed by atoms with E-state index in [1.165, 1.54) is 0 Å². The third kappa shape index (κ3) is 6.51. The molecule has 0 fully saturated rings. The molecule has 3 nitrogen and oxygen atoms in total. The number of ether oxygens (including phenoxy) is 1. The van der Waals surface area contributed by atoms with Crippen LogP contribution in [0.25, 0.3) is 0 Å². The van der Waals surface area contributed by atoms with Crippen molar-refractivity contribution in [3.8, 4) is 0 Å².